The molecule has 2 heteroatoms. The summed E-state index contributed by atoms with van der Waals surface area (Å²) in [5, 5.41) is 3.56. The Morgan fingerprint density at radius 2 is 1.87 bits per heavy atom. The summed E-state index contributed by atoms with van der Waals surface area (Å²) in [6.45, 7) is 12.4. The van der Waals surface area contributed by atoms with Crippen LogP contribution in [0.15, 0.2) is 0 Å². The minimum atomic E-state index is 0.265. The molecule has 92 valence electrons. The largest absolute Gasteiger partial charge is 0.312 e. The van der Waals surface area contributed by atoms with Crippen LogP contribution in [0.2, 0.25) is 0 Å². The van der Waals surface area contributed by atoms with Crippen molar-refractivity contribution in [1.82, 2.24) is 5.32 Å². The molecule has 0 aliphatic carbocycles. The zero-order valence-electron chi connectivity index (χ0n) is 11.2. The molecule has 0 aromatic heterocycles. The van der Waals surface area contributed by atoms with Crippen LogP contribution in [0, 0.1) is 5.92 Å². The summed E-state index contributed by atoms with van der Waals surface area (Å²) < 4.78 is 0. The van der Waals surface area contributed by atoms with Gasteiger partial charge in [0.15, 0.2) is 0 Å². The second kappa shape index (κ2) is 8.46. The lowest BCUT2D eigenvalue weighted by Crippen LogP contribution is -2.39. The predicted molar refractivity (Wildman–Crippen MR) is 73.8 cm³/mol. The Morgan fingerprint density at radius 1 is 1.20 bits per heavy atom. The lowest BCUT2D eigenvalue weighted by Gasteiger charge is -2.23. The molecule has 1 nitrogen and oxygen atoms in total. The molecule has 1 atom stereocenters. The molecule has 0 aromatic rings. The lowest BCUT2D eigenvalue weighted by atomic mass is 10.1. The molecule has 0 aliphatic rings. The molecule has 0 saturated carbocycles. The van der Waals surface area contributed by atoms with Gasteiger partial charge in [-0.05, 0) is 51.2 Å². The van der Waals surface area contributed by atoms with Crippen LogP contribution in [0.25, 0.3) is 0 Å². The molecule has 0 aliphatic heterocycles. The molecule has 0 amide bonds. The van der Waals surface area contributed by atoms with Gasteiger partial charge in [-0.25, -0.2) is 0 Å². The van der Waals surface area contributed by atoms with Crippen LogP contribution < -0.4 is 5.32 Å². The van der Waals surface area contributed by atoms with Crippen molar-refractivity contribution in [1.29, 1.82) is 0 Å². The topological polar surface area (TPSA) is 12.0 Å². The summed E-state index contributed by atoms with van der Waals surface area (Å²) in [5.74, 6) is 3.43. The Labute approximate surface area is 101 Å². The van der Waals surface area contributed by atoms with Crippen LogP contribution in [0.5, 0.6) is 0 Å². The number of hydrogen-bond acceptors (Lipinski definition) is 2. The van der Waals surface area contributed by atoms with Gasteiger partial charge in [0, 0.05) is 5.54 Å². The van der Waals surface area contributed by atoms with E-state index in [1.54, 1.807) is 0 Å². The summed E-state index contributed by atoms with van der Waals surface area (Å²) in [6, 6.07) is 0. The first-order chi connectivity index (χ1) is 6.95. The maximum absolute atomic E-state index is 3.56. The van der Waals surface area contributed by atoms with Crippen molar-refractivity contribution in [3.05, 3.63) is 0 Å². The Morgan fingerprint density at radius 3 is 2.40 bits per heavy atom. The third-order valence-electron chi connectivity index (χ3n) is 2.28. The predicted octanol–water partition coefficient (Wildman–Crippen LogP) is 3.93. The molecule has 0 bridgehead atoms. The number of rotatable bonds is 8. The maximum Gasteiger partial charge on any atom is 0.00966 e. The monoisotopic (exact) mass is 231 g/mol. The van der Waals surface area contributed by atoms with Crippen molar-refractivity contribution in [2.45, 2.75) is 59.4 Å². The van der Waals surface area contributed by atoms with Crippen LogP contribution in [0.4, 0.5) is 0 Å². The highest BCUT2D eigenvalue weighted by molar-refractivity contribution is 7.99. The first-order valence-corrected chi connectivity index (χ1v) is 7.44. The molecule has 0 aromatic carbocycles. The van der Waals surface area contributed by atoms with E-state index in [1.165, 1.54) is 30.8 Å². The van der Waals surface area contributed by atoms with Crippen molar-refractivity contribution in [3.8, 4) is 0 Å². The first kappa shape index (κ1) is 15.3. The normalized spacial score (nSPS) is 14.2. The van der Waals surface area contributed by atoms with Gasteiger partial charge in [-0.2, -0.15) is 11.8 Å². The van der Waals surface area contributed by atoms with Crippen LogP contribution in [-0.2, 0) is 0 Å². The Balaban J connectivity index is 3.30. The average Bonchev–Trinajstić information content (AvgIpc) is 2.13. The van der Waals surface area contributed by atoms with Crippen molar-refractivity contribution in [2.75, 3.05) is 18.1 Å². The van der Waals surface area contributed by atoms with Crippen LogP contribution in [0.3, 0.4) is 0 Å². The van der Waals surface area contributed by atoms with Crippen molar-refractivity contribution in [3.63, 3.8) is 0 Å². The SMILES string of the molecule is CCCCCSCC(C)CNC(C)(C)C. The number of hydrogen-bond donors (Lipinski definition) is 1. The zero-order valence-corrected chi connectivity index (χ0v) is 12.0. The first-order valence-electron chi connectivity index (χ1n) is 6.28. The van der Waals surface area contributed by atoms with E-state index in [9.17, 15) is 0 Å². The summed E-state index contributed by atoms with van der Waals surface area (Å²) >= 11 is 2.11. The quantitative estimate of drug-likeness (QED) is 0.635. The van der Waals surface area contributed by atoms with Gasteiger partial charge in [-0.15, -0.1) is 0 Å². The molecule has 0 fully saturated rings. The summed E-state index contributed by atoms with van der Waals surface area (Å²) in [6.07, 6.45) is 4.11. The molecule has 0 rings (SSSR count). The van der Waals surface area contributed by atoms with Gasteiger partial charge in [0.25, 0.3) is 0 Å². The van der Waals surface area contributed by atoms with E-state index in [4.69, 9.17) is 0 Å². The maximum atomic E-state index is 3.56. The standard InChI is InChI=1S/C13H29NS/c1-6-7-8-9-15-11-12(2)10-14-13(3,4)5/h12,14H,6-11H2,1-5H3. The van der Waals surface area contributed by atoms with Crippen molar-refractivity contribution < 1.29 is 0 Å². The fourth-order valence-electron chi connectivity index (χ4n) is 1.28. The molecule has 1 unspecified atom stereocenters. The van der Waals surface area contributed by atoms with Gasteiger partial charge < -0.3 is 5.32 Å². The van der Waals surface area contributed by atoms with Crippen molar-refractivity contribution >= 4 is 11.8 Å². The summed E-state index contributed by atoms with van der Waals surface area (Å²) in [5.41, 5.74) is 0.265. The Kier molecular flexibility index (Phi) is 8.64. The van der Waals surface area contributed by atoms with E-state index < -0.39 is 0 Å². The zero-order chi connectivity index (χ0) is 11.7. The van der Waals surface area contributed by atoms with E-state index in [2.05, 4.69) is 51.7 Å². The van der Waals surface area contributed by atoms with Crippen LogP contribution >= 0.6 is 11.8 Å². The Bertz CT molecular complexity index is 140. The van der Waals surface area contributed by atoms with Gasteiger partial charge in [0.05, 0.1) is 0 Å². The molecular formula is C13H29NS. The molecular weight excluding hydrogens is 202 g/mol. The van der Waals surface area contributed by atoms with Crippen LogP contribution in [-0.4, -0.2) is 23.6 Å². The molecule has 0 radical (unpaired) electrons. The van der Waals surface area contributed by atoms with E-state index >= 15 is 0 Å². The molecule has 1 N–H and O–H groups in total. The van der Waals surface area contributed by atoms with Gasteiger partial charge >= 0.3 is 0 Å². The average molecular weight is 231 g/mol. The highest BCUT2D eigenvalue weighted by Gasteiger charge is 2.10. The smallest absolute Gasteiger partial charge is 0.00966 e. The third-order valence-corrected chi connectivity index (χ3v) is 3.66. The van der Waals surface area contributed by atoms with E-state index in [1.807, 2.05) is 0 Å². The fraction of sp³-hybridized carbons (Fsp3) is 1.00. The number of nitrogens with one attached hydrogen (secondary N) is 1. The molecule has 0 spiro atoms. The molecule has 0 saturated heterocycles. The van der Waals surface area contributed by atoms with Gasteiger partial charge in [0.1, 0.15) is 0 Å². The fourth-order valence-corrected chi connectivity index (χ4v) is 2.37. The van der Waals surface area contributed by atoms with Gasteiger partial charge in [0.2, 0.25) is 0 Å². The second-order valence-corrected chi connectivity index (χ2v) is 6.67. The lowest BCUT2D eigenvalue weighted by molar-refractivity contribution is 0.395. The van der Waals surface area contributed by atoms with Crippen molar-refractivity contribution in [2.24, 2.45) is 5.92 Å². The number of thioether (sulfide) groups is 1. The molecule has 15 heavy (non-hydrogen) atoms. The van der Waals surface area contributed by atoms with E-state index in [0.29, 0.717) is 0 Å². The summed E-state index contributed by atoms with van der Waals surface area (Å²) in [7, 11) is 0. The summed E-state index contributed by atoms with van der Waals surface area (Å²) in [4.78, 5) is 0. The minimum Gasteiger partial charge on any atom is -0.312 e. The minimum absolute atomic E-state index is 0.265. The number of unbranched alkanes of at least 4 members (excludes halogenated alkanes) is 2. The Hall–Kier alpha value is 0.310. The second-order valence-electron chi connectivity index (χ2n) is 5.52. The highest BCUT2D eigenvalue weighted by Crippen LogP contribution is 2.11. The van der Waals surface area contributed by atoms with E-state index in [-0.39, 0.29) is 5.54 Å². The highest BCUT2D eigenvalue weighted by atomic mass is 32.2. The third kappa shape index (κ3) is 12.2. The van der Waals surface area contributed by atoms with Crippen LogP contribution in [0.1, 0.15) is 53.9 Å². The van der Waals surface area contributed by atoms with E-state index in [0.717, 1.165) is 12.5 Å². The molecule has 0 heterocycles. The van der Waals surface area contributed by atoms with Gasteiger partial charge in [-0.1, -0.05) is 26.7 Å². The van der Waals surface area contributed by atoms with Gasteiger partial charge in [-0.3, -0.25) is 0 Å².